The standard InChI is InChI=1S/C11H13NO/c1-2-8-7-9-5-3-4-6-10(9)11(8)12-13/h3-6,8,13H,2,7H2,1H3. The van der Waals surface area contributed by atoms with Gasteiger partial charge in [0.25, 0.3) is 0 Å². The van der Waals surface area contributed by atoms with E-state index in [0.29, 0.717) is 5.92 Å². The second kappa shape index (κ2) is 3.21. The molecule has 0 heterocycles. The van der Waals surface area contributed by atoms with Gasteiger partial charge in [0.15, 0.2) is 0 Å². The zero-order valence-corrected chi connectivity index (χ0v) is 7.70. The van der Waals surface area contributed by atoms with Crippen LogP contribution in [-0.2, 0) is 6.42 Å². The lowest BCUT2D eigenvalue weighted by Crippen LogP contribution is -2.08. The first-order valence-corrected chi connectivity index (χ1v) is 4.67. The zero-order valence-electron chi connectivity index (χ0n) is 7.70. The van der Waals surface area contributed by atoms with Crippen molar-refractivity contribution in [1.29, 1.82) is 0 Å². The van der Waals surface area contributed by atoms with Crippen molar-refractivity contribution in [3.05, 3.63) is 35.4 Å². The maximum Gasteiger partial charge on any atom is 0.0904 e. The van der Waals surface area contributed by atoms with Gasteiger partial charge >= 0.3 is 0 Å². The third-order valence-electron chi connectivity index (χ3n) is 2.75. The second-order valence-electron chi connectivity index (χ2n) is 3.45. The third-order valence-corrected chi connectivity index (χ3v) is 2.75. The molecule has 1 unspecified atom stereocenters. The Morgan fingerprint density at radius 3 is 2.92 bits per heavy atom. The minimum absolute atomic E-state index is 0.405. The third kappa shape index (κ3) is 1.22. The first kappa shape index (κ1) is 8.30. The molecule has 0 amide bonds. The van der Waals surface area contributed by atoms with E-state index in [1.807, 2.05) is 18.2 Å². The maximum absolute atomic E-state index is 8.90. The van der Waals surface area contributed by atoms with Crippen LogP contribution in [-0.4, -0.2) is 10.9 Å². The lowest BCUT2D eigenvalue weighted by atomic mass is 10.0. The van der Waals surface area contributed by atoms with Crippen LogP contribution in [0.2, 0.25) is 0 Å². The smallest absolute Gasteiger partial charge is 0.0904 e. The summed E-state index contributed by atoms with van der Waals surface area (Å²) >= 11 is 0. The van der Waals surface area contributed by atoms with Crippen LogP contribution >= 0.6 is 0 Å². The number of fused-ring (bicyclic) bond motifs is 1. The molecule has 1 N–H and O–H groups in total. The Kier molecular flexibility index (Phi) is 2.05. The summed E-state index contributed by atoms with van der Waals surface area (Å²) in [5.41, 5.74) is 3.29. The fourth-order valence-electron chi connectivity index (χ4n) is 2.00. The van der Waals surface area contributed by atoms with Crippen molar-refractivity contribution in [2.75, 3.05) is 0 Å². The van der Waals surface area contributed by atoms with Crippen LogP contribution in [0.25, 0.3) is 0 Å². The summed E-state index contributed by atoms with van der Waals surface area (Å²) in [6, 6.07) is 8.16. The van der Waals surface area contributed by atoms with Gasteiger partial charge in [-0.15, -0.1) is 0 Å². The number of benzene rings is 1. The van der Waals surface area contributed by atoms with Crippen molar-refractivity contribution in [3.63, 3.8) is 0 Å². The predicted octanol–water partition coefficient (Wildman–Crippen LogP) is 2.45. The molecule has 1 aliphatic rings. The van der Waals surface area contributed by atoms with Crippen LogP contribution in [0.5, 0.6) is 0 Å². The van der Waals surface area contributed by atoms with Crippen LogP contribution in [0.4, 0.5) is 0 Å². The van der Waals surface area contributed by atoms with Crippen LogP contribution in [0, 0.1) is 5.92 Å². The zero-order chi connectivity index (χ0) is 9.26. The summed E-state index contributed by atoms with van der Waals surface area (Å²) in [5.74, 6) is 0.405. The molecule has 0 bridgehead atoms. The van der Waals surface area contributed by atoms with E-state index in [9.17, 15) is 0 Å². The van der Waals surface area contributed by atoms with Gasteiger partial charge in [0.05, 0.1) is 5.71 Å². The Labute approximate surface area is 77.9 Å². The van der Waals surface area contributed by atoms with Crippen molar-refractivity contribution in [2.24, 2.45) is 11.1 Å². The van der Waals surface area contributed by atoms with E-state index in [1.165, 1.54) is 5.56 Å². The first-order valence-electron chi connectivity index (χ1n) is 4.67. The van der Waals surface area contributed by atoms with Gasteiger partial charge < -0.3 is 5.21 Å². The first-order chi connectivity index (χ1) is 6.36. The summed E-state index contributed by atoms with van der Waals surface area (Å²) in [6.45, 7) is 2.13. The number of oxime groups is 1. The highest BCUT2D eigenvalue weighted by Crippen LogP contribution is 2.28. The Morgan fingerprint density at radius 2 is 2.23 bits per heavy atom. The van der Waals surface area contributed by atoms with Gasteiger partial charge in [0.2, 0.25) is 0 Å². The fraction of sp³-hybridized carbons (Fsp3) is 0.364. The van der Waals surface area contributed by atoms with Gasteiger partial charge in [-0.2, -0.15) is 0 Å². The Bertz CT molecular complexity index is 344. The Balaban J connectivity index is 2.46. The minimum atomic E-state index is 0.405. The van der Waals surface area contributed by atoms with Gasteiger partial charge in [0.1, 0.15) is 0 Å². The van der Waals surface area contributed by atoms with Crippen molar-refractivity contribution in [1.82, 2.24) is 0 Å². The number of nitrogens with zero attached hydrogens (tertiary/aromatic N) is 1. The van der Waals surface area contributed by atoms with Crippen molar-refractivity contribution in [3.8, 4) is 0 Å². The molecular formula is C11H13NO. The second-order valence-corrected chi connectivity index (χ2v) is 3.45. The highest BCUT2D eigenvalue weighted by atomic mass is 16.4. The summed E-state index contributed by atoms with van der Waals surface area (Å²) in [4.78, 5) is 0. The Hall–Kier alpha value is -1.31. The molecule has 68 valence electrons. The molecule has 0 saturated heterocycles. The maximum atomic E-state index is 8.90. The Morgan fingerprint density at radius 1 is 1.46 bits per heavy atom. The van der Waals surface area contributed by atoms with Crippen molar-refractivity contribution in [2.45, 2.75) is 19.8 Å². The highest BCUT2D eigenvalue weighted by molar-refractivity contribution is 6.05. The molecule has 1 aliphatic carbocycles. The molecule has 0 radical (unpaired) electrons. The summed E-state index contributed by atoms with van der Waals surface area (Å²) in [7, 11) is 0. The van der Waals surface area contributed by atoms with Crippen molar-refractivity contribution >= 4 is 5.71 Å². The minimum Gasteiger partial charge on any atom is -0.411 e. The summed E-state index contributed by atoms with van der Waals surface area (Å²) < 4.78 is 0. The van der Waals surface area contributed by atoms with E-state index in [0.717, 1.165) is 24.1 Å². The molecule has 0 fully saturated rings. The van der Waals surface area contributed by atoms with Gasteiger partial charge in [-0.3, -0.25) is 0 Å². The average molecular weight is 175 g/mol. The van der Waals surface area contributed by atoms with Gasteiger partial charge in [0, 0.05) is 11.5 Å². The molecule has 2 nitrogen and oxygen atoms in total. The predicted molar refractivity (Wildman–Crippen MR) is 52.3 cm³/mol. The number of hydrogen-bond acceptors (Lipinski definition) is 2. The monoisotopic (exact) mass is 175 g/mol. The molecule has 2 rings (SSSR count). The SMILES string of the molecule is CCC1Cc2ccccc2C1=NO. The van der Waals surface area contributed by atoms with Crippen LogP contribution in [0.15, 0.2) is 29.4 Å². The van der Waals surface area contributed by atoms with E-state index in [1.54, 1.807) is 0 Å². The van der Waals surface area contributed by atoms with Gasteiger partial charge in [-0.1, -0.05) is 36.3 Å². The quantitative estimate of drug-likeness (QED) is 0.516. The summed E-state index contributed by atoms with van der Waals surface area (Å²) in [6.07, 6.45) is 2.06. The molecule has 0 spiro atoms. The molecule has 1 aromatic carbocycles. The van der Waals surface area contributed by atoms with Crippen LogP contribution < -0.4 is 0 Å². The molecule has 2 heteroatoms. The van der Waals surface area contributed by atoms with E-state index in [-0.39, 0.29) is 0 Å². The molecule has 0 aromatic heterocycles. The molecule has 13 heavy (non-hydrogen) atoms. The molecule has 0 saturated carbocycles. The molecule has 1 aromatic rings. The summed E-state index contributed by atoms with van der Waals surface area (Å²) in [5, 5.41) is 12.3. The fourth-order valence-corrected chi connectivity index (χ4v) is 2.00. The molecule has 0 aliphatic heterocycles. The highest BCUT2D eigenvalue weighted by Gasteiger charge is 2.26. The average Bonchev–Trinajstić information content (AvgIpc) is 2.55. The van der Waals surface area contributed by atoms with Crippen molar-refractivity contribution < 1.29 is 5.21 Å². The number of hydrogen-bond donors (Lipinski definition) is 1. The number of rotatable bonds is 1. The van der Waals surface area contributed by atoms with Crippen LogP contribution in [0.1, 0.15) is 24.5 Å². The topological polar surface area (TPSA) is 32.6 Å². The van der Waals surface area contributed by atoms with Gasteiger partial charge in [-0.25, -0.2) is 0 Å². The van der Waals surface area contributed by atoms with E-state index in [4.69, 9.17) is 5.21 Å². The molecular weight excluding hydrogens is 162 g/mol. The largest absolute Gasteiger partial charge is 0.411 e. The van der Waals surface area contributed by atoms with E-state index in [2.05, 4.69) is 18.1 Å². The molecule has 1 atom stereocenters. The van der Waals surface area contributed by atoms with E-state index >= 15 is 0 Å². The lowest BCUT2D eigenvalue weighted by Gasteiger charge is -2.04. The normalized spacial score (nSPS) is 23.5. The lowest BCUT2D eigenvalue weighted by molar-refractivity contribution is 0.315. The van der Waals surface area contributed by atoms with Gasteiger partial charge in [-0.05, 0) is 18.4 Å². The van der Waals surface area contributed by atoms with Crippen LogP contribution in [0.3, 0.4) is 0 Å². The van der Waals surface area contributed by atoms with E-state index < -0.39 is 0 Å².